The average molecular weight is 401 g/mol. The van der Waals surface area contributed by atoms with Gasteiger partial charge in [-0.3, -0.25) is 14.4 Å². The number of fused-ring (bicyclic) bond motifs is 1. The van der Waals surface area contributed by atoms with E-state index < -0.39 is 48.4 Å². The van der Waals surface area contributed by atoms with Gasteiger partial charge in [-0.15, -0.1) is 0 Å². The van der Waals surface area contributed by atoms with E-state index in [9.17, 15) is 14.4 Å². The SMILES string of the molecule is CCCC(=O)OC1OC2COC(C)(C)O[C@H]2[C@H](OC(=O)CCC)C1NC(C)=O. The lowest BCUT2D eigenvalue weighted by atomic mass is 9.95. The molecule has 2 aliphatic heterocycles. The van der Waals surface area contributed by atoms with Crippen molar-refractivity contribution in [3.63, 3.8) is 0 Å². The van der Waals surface area contributed by atoms with Crippen molar-refractivity contribution in [2.75, 3.05) is 6.61 Å². The molecule has 0 bridgehead atoms. The molecule has 1 amide bonds. The number of ether oxygens (including phenoxy) is 5. The van der Waals surface area contributed by atoms with Crippen LogP contribution in [0.4, 0.5) is 0 Å². The van der Waals surface area contributed by atoms with Crippen molar-refractivity contribution < 1.29 is 38.1 Å². The zero-order chi connectivity index (χ0) is 20.9. The van der Waals surface area contributed by atoms with Gasteiger partial charge >= 0.3 is 11.9 Å². The summed E-state index contributed by atoms with van der Waals surface area (Å²) in [6, 6.07) is -0.894. The Hall–Kier alpha value is -1.71. The summed E-state index contributed by atoms with van der Waals surface area (Å²) in [6.07, 6.45) is -1.63. The second kappa shape index (κ2) is 9.67. The first kappa shape index (κ1) is 22.6. The summed E-state index contributed by atoms with van der Waals surface area (Å²) in [6.45, 7) is 8.71. The minimum absolute atomic E-state index is 0.175. The van der Waals surface area contributed by atoms with E-state index in [1.54, 1.807) is 13.8 Å². The molecular formula is C19H31NO8. The van der Waals surface area contributed by atoms with Crippen LogP contribution in [0.1, 0.15) is 60.3 Å². The van der Waals surface area contributed by atoms with E-state index in [0.29, 0.717) is 12.8 Å². The van der Waals surface area contributed by atoms with Crippen LogP contribution >= 0.6 is 0 Å². The van der Waals surface area contributed by atoms with E-state index in [1.807, 2.05) is 13.8 Å². The Morgan fingerprint density at radius 3 is 2.25 bits per heavy atom. The van der Waals surface area contributed by atoms with Crippen LogP contribution in [0.2, 0.25) is 0 Å². The summed E-state index contributed by atoms with van der Waals surface area (Å²) in [7, 11) is 0. The molecule has 160 valence electrons. The van der Waals surface area contributed by atoms with E-state index >= 15 is 0 Å². The van der Waals surface area contributed by atoms with E-state index in [0.717, 1.165) is 0 Å². The van der Waals surface area contributed by atoms with Gasteiger partial charge in [0.05, 0.1) is 6.61 Å². The van der Waals surface area contributed by atoms with Gasteiger partial charge in [0.1, 0.15) is 18.2 Å². The molecule has 2 rings (SSSR count). The number of nitrogens with one attached hydrogen (secondary N) is 1. The third-order valence-corrected chi connectivity index (χ3v) is 4.45. The predicted octanol–water partition coefficient (Wildman–Crippen LogP) is 1.42. The van der Waals surface area contributed by atoms with E-state index in [1.165, 1.54) is 6.92 Å². The lowest BCUT2D eigenvalue weighted by molar-refractivity contribution is -0.365. The van der Waals surface area contributed by atoms with Crippen molar-refractivity contribution in [1.29, 1.82) is 0 Å². The van der Waals surface area contributed by atoms with Gasteiger partial charge in [-0.25, -0.2) is 0 Å². The molecule has 0 aromatic carbocycles. The first-order valence-corrected chi connectivity index (χ1v) is 9.80. The molecule has 0 spiro atoms. The standard InChI is InChI=1S/C19H31NO8/c1-6-8-13(22)26-17-15(20-11(3)21)18(27-14(23)9-7-2)25-12-10-24-19(4,5)28-16(12)17/h12,15-18H,6-10H2,1-5H3,(H,20,21)/t12?,15?,16-,17-,18?/m1/s1. The van der Waals surface area contributed by atoms with Crippen LogP contribution in [0.25, 0.3) is 0 Å². The first-order valence-electron chi connectivity index (χ1n) is 9.80. The quantitative estimate of drug-likeness (QED) is 0.638. The molecule has 28 heavy (non-hydrogen) atoms. The molecule has 9 nitrogen and oxygen atoms in total. The molecule has 0 radical (unpaired) electrons. The maximum Gasteiger partial charge on any atom is 0.308 e. The smallest absolute Gasteiger partial charge is 0.308 e. The Balaban J connectivity index is 2.31. The Morgan fingerprint density at radius 1 is 1.07 bits per heavy atom. The molecule has 2 heterocycles. The van der Waals surface area contributed by atoms with Crippen LogP contribution in [0.15, 0.2) is 0 Å². The lowest BCUT2D eigenvalue weighted by Crippen LogP contribution is -2.69. The van der Waals surface area contributed by atoms with Crippen molar-refractivity contribution in [1.82, 2.24) is 5.32 Å². The molecule has 5 atom stereocenters. The number of esters is 2. The fraction of sp³-hybridized carbons (Fsp3) is 0.842. The summed E-state index contributed by atoms with van der Waals surface area (Å²) in [5, 5.41) is 2.70. The number of carbonyl (C=O) groups excluding carboxylic acids is 3. The van der Waals surface area contributed by atoms with Crippen LogP contribution in [0.5, 0.6) is 0 Å². The van der Waals surface area contributed by atoms with Crippen LogP contribution < -0.4 is 5.32 Å². The van der Waals surface area contributed by atoms with Crippen molar-refractivity contribution in [2.24, 2.45) is 0 Å². The van der Waals surface area contributed by atoms with E-state index in [4.69, 9.17) is 23.7 Å². The van der Waals surface area contributed by atoms with Crippen molar-refractivity contribution in [3.8, 4) is 0 Å². The predicted molar refractivity (Wildman–Crippen MR) is 97.0 cm³/mol. The highest BCUT2D eigenvalue weighted by Gasteiger charge is 2.54. The van der Waals surface area contributed by atoms with Crippen LogP contribution in [-0.2, 0) is 38.1 Å². The van der Waals surface area contributed by atoms with Gasteiger partial charge in [0.15, 0.2) is 11.9 Å². The first-order chi connectivity index (χ1) is 13.2. The maximum atomic E-state index is 12.2. The minimum atomic E-state index is -1.11. The third kappa shape index (κ3) is 5.89. The average Bonchev–Trinajstić information content (AvgIpc) is 2.58. The van der Waals surface area contributed by atoms with Gasteiger partial charge < -0.3 is 29.0 Å². The molecule has 0 saturated carbocycles. The molecule has 1 N–H and O–H groups in total. The maximum absolute atomic E-state index is 12.2. The largest absolute Gasteiger partial charge is 0.457 e. The highest BCUT2D eigenvalue weighted by molar-refractivity contribution is 5.74. The highest BCUT2D eigenvalue weighted by atomic mass is 16.8. The normalized spacial score (nSPS) is 31.4. The van der Waals surface area contributed by atoms with E-state index in [2.05, 4.69) is 5.32 Å². The summed E-state index contributed by atoms with van der Waals surface area (Å²) >= 11 is 0. The second-order valence-corrected chi connectivity index (χ2v) is 7.51. The molecule has 2 fully saturated rings. The number of hydrogen-bond donors (Lipinski definition) is 1. The Morgan fingerprint density at radius 2 is 1.68 bits per heavy atom. The summed E-state index contributed by atoms with van der Waals surface area (Å²) in [4.78, 5) is 36.1. The summed E-state index contributed by atoms with van der Waals surface area (Å²) < 4.78 is 28.6. The molecule has 0 aliphatic carbocycles. The Kier molecular flexibility index (Phi) is 7.79. The Bertz CT molecular complexity index is 578. The Labute approximate surface area is 165 Å². The zero-order valence-electron chi connectivity index (χ0n) is 17.2. The van der Waals surface area contributed by atoms with Gasteiger partial charge in [-0.1, -0.05) is 13.8 Å². The van der Waals surface area contributed by atoms with Gasteiger partial charge in [0, 0.05) is 19.8 Å². The minimum Gasteiger partial charge on any atom is -0.457 e. The van der Waals surface area contributed by atoms with Crippen LogP contribution in [-0.4, -0.2) is 60.9 Å². The summed E-state index contributed by atoms with van der Waals surface area (Å²) in [5.41, 5.74) is 0. The molecule has 0 aromatic heterocycles. The van der Waals surface area contributed by atoms with Gasteiger partial charge in [-0.05, 0) is 26.7 Å². The van der Waals surface area contributed by atoms with Gasteiger partial charge in [0.2, 0.25) is 12.2 Å². The number of amides is 1. The molecule has 2 saturated heterocycles. The van der Waals surface area contributed by atoms with Crippen molar-refractivity contribution >= 4 is 17.8 Å². The van der Waals surface area contributed by atoms with Gasteiger partial charge in [0.25, 0.3) is 0 Å². The fourth-order valence-corrected chi connectivity index (χ4v) is 3.26. The topological polar surface area (TPSA) is 109 Å². The lowest BCUT2D eigenvalue weighted by Gasteiger charge is -2.50. The molecule has 0 aromatic rings. The highest BCUT2D eigenvalue weighted by Crippen LogP contribution is 2.34. The molecular weight excluding hydrogens is 370 g/mol. The number of rotatable bonds is 7. The van der Waals surface area contributed by atoms with Crippen molar-refractivity contribution in [3.05, 3.63) is 0 Å². The zero-order valence-corrected chi connectivity index (χ0v) is 17.2. The number of hydrogen-bond acceptors (Lipinski definition) is 8. The monoisotopic (exact) mass is 401 g/mol. The molecule has 2 aliphatic rings. The van der Waals surface area contributed by atoms with Crippen LogP contribution in [0, 0.1) is 0 Å². The van der Waals surface area contributed by atoms with Crippen molar-refractivity contribution in [2.45, 2.75) is 96.7 Å². The molecule has 9 heteroatoms. The van der Waals surface area contributed by atoms with Crippen LogP contribution in [0.3, 0.4) is 0 Å². The van der Waals surface area contributed by atoms with Gasteiger partial charge in [-0.2, -0.15) is 0 Å². The fourth-order valence-electron chi connectivity index (χ4n) is 3.26. The van der Waals surface area contributed by atoms with E-state index in [-0.39, 0.29) is 25.4 Å². The third-order valence-electron chi connectivity index (χ3n) is 4.45. The number of carbonyl (C=O) groups is 3. The molecule has 3 unspecified atom stereocenters. The second-order valence-electron chi connectivity index (χ2n) is 7.51. The summed E-state index contributed by atoms with van der Waals surface area (Å²) in [5.74, 6) is -2.16.